The first-order chi connectivity index (χ1) is 11.6. The van der Waals surface area contributed by atoms with Crippen LogP contribution in [0.15, 0.2) is 42.5 Å². The molecule has 124 valence electrons. The fourth-order valence-electron chi connectivity index (χ4n) is 2.71. The van der Waals surface area contributed by atoms with Gasteiger partial charge in [-0.2, -0.15) is 0 Å². The third-order valence-corrected chi connectivity index (χ3v) is 3.89. The summed E-state index contributed by atoms with van der Waals surface area (Å²) < 4.78 is 18.5. The number of carbonyl (C=O) groups is 2. The summed E-state index contributed by atoms with van der Waals surface area (Å²) in [5.74, 6) is -0.296. The maximum Gasteiger partial charge on any atom is 0.255 e. The molecule has 3 rings (SSSR count). The van der Waals surface area contributed by atoms with Crippen LogP contribution in [0.25, 0.3) is 0 Å². The van der Waals surface area contributed by atoms with Crippen LogP contribution in [0.2, 0.25) is 0 Å². The lowest BCUT2D eigenvalue weighted by molar-refractivity contribution is -0.117. The Hall–Kier alpha value is -2.89. The number of methoxy groups -OCH3 is 1. The van der Waals surface area contributed by atoms with Gasteiger partial charge in [0.15, 0.2) is 0 Å². The van der Waals surface area contributed by atoms with E-state index in [4.69, 9.17) is 4.74 Å². The molecule has 0 aliphatic carbocycles. The van der Waals surface area contributed by atoms with Gasteiger partial charge in [0.2, 0.25) is 5.91 Å². The van der Waals surface area contributed by atoms with E-state index in [1.165, 1.54) is 31.4 Å². The summed E-state index contributed by atoms with van der Waals surface area (Å²) in [5, 5.41) is 2.72. The zero-order valence-electron chi connectivity index (χ0n) is 13.2. The molecular weight excluding hydrogens is 311 g/mol. The smallest absolute Gasteiger partial charge is 0.255 e. The van der Waals surface area contributed by atoms with E-state index in [1.807, 2.05) is 0 Å². The summed E-state index contributed by atoms with van der Waals surface area (Å²) in [5.41, 5.74) is 1.36. The second-order valence-corrected chi connectivity index (χ2v) is 5.50. The van der Waals surface area contributed by atoms with Gasteiger partial charge < -0.3 is 15.0 Å². The molecule has 24 heavy (non-hydrogen) atoms. The highest BCUT2D eigenvalue weighted by atomic mass is 19.1. The van der Waals surface area contributed by atoms with E-state index in [9.17, 15) is 14.0 Å². The van der Waals surface area contributed by atoms with Crippen molar-refractivity contribution in [2.24, 2.45) is 0 Å². The first-order valence-electron chi connectivity index (χ1n) is 7.64. The molecule has 0 radical (unpaired) electrons. The zero-order chi connectivity index (χ0) is 17.1. The fourth-order valence-corrected chi connectivity index (χ4v) is 2.71. The number of nitrogens with zero attached hydrogens (tertiary/aromatic N) is 1. The first-order valence-corrected chi connectivity index (χ1v) is 7.64. The van der Waals surface area contributed by atoms with Gasteiger partial charge in [-0.3, -0.25) is 9.59 Å². The van der Waals surface area contributed by atoms with Crippen molar-refractivity contribution in [2.75, 3.05) is 23.9 Å². The van der Waals surface area contributed by atoms with Crippen molar-refractivity contribution in [3.8, 4) is 5.75 Å². The molecule has 5 nitrogen and oxygen atoms in total. The fraction of sp³-hybridized carbons (Fsp3) is 0.222. The van der Waals surface area contributed by atoms with E-state index in [0.717, 1.165) is 6.42 Å². The number of nitrogens with one attached hydrogen (secondary N) is 1. The van der Waals surface area contributed by atoms with E-state index in [2.05, 4.69) is 5.32 Å². The predicted octanol–water partition coefficient (Wildman–Crippen LogP) is 3.21. The zero-order valence-corrected chi connectivity index (χ0v) is 13.2. The average molecular weight is 328 g/mol. The largest absolute Gasteiger partial charge is 0.495 e. The molecule has 1 heterocycles. The molecule has 0 aromatic heterocycles. The molecule has 1 N–H and O–H groups in total. The van der Waals surface area contributed by atoms with E-state index in [-0.39, 0.29) is 11.5 Å². The molecule has 2 amide bonds. The minimum Gasteiger partial charge on any atom is -0.495 e. The Kier molecular flexibility index (Phi) is 4.46. The highest BCUT2D eigenvalue weighted by molar-refractivity contribution is 6.05. The molecule has 2 aromatic carbocycles. The third-order valence-electron chi connectivity index (χ3n) is 3.89. The number of hydrogen-bond acceptors (Lipinski definition) is 3. The van der Waals surface area contributed by atoms with Gasteiger partial charge in [-0.05, 0) is 42.8 Å². The first kappa shape index (κ1) is 16.0. The standard InChI is InChI=1S/C18H17FN2O3/c1-24-16-8-7-14(11-15(16)21-9-3-6-17(21)22)20-18(23)12-4-2-5-13(19)10-12/h2,4-5,7-8,10-11H,3,6,9H2,1H3,(H,20,23). The number of benzene rings is 2. The molecule has 1 aliphatic heterocycles. The van der Waals surface area contributed by atoms with Crippen molar-refractivity contribution in [2.45, 2.75) is 12.8 Å². The number of rotatable bonds is 4. The van der Waals surface area contributed by atoms with Gasteiger partial charge in [-0.1, -0.05) is 6.07 Å². The van der Waals surface area contributed by atoms with Crippen LogP contribution >= 0.6 is 0 Å². The summed E-state index contributed by atoms with van der Waals surface area (Å²) in [6.45, 7) is 0.622. The Morgan fingerprint density at radius 3 is 2.75 bits per heavy atom. The Balaban J connectivity index is 1.86. The van der Waals surface area contributed by atoms with Gasteiger partial charge >= 0.3 is 0 Å². The van der Waals surface area contributed by atoms with E-state index in [0.29, 0.717) is 30.1 Å². The lowest BCUT2D eigenvalue weighted by Gasteiger charge is -2.20. The Bertz CT molecular complexity index is 792. The second kappa shape index (κ2) is 6.70. The number of ether oxygens (including phenoxy) is 1. The maximum absolute atomic E-state index is 13.2. The van der Waals surface area contributed by atoms with Crippen LogP contribution in [-0.2, 0) is 4.79 Å². The van der Waals surface area contributed by atoms with Crippen LogP contribution in [0.1, 0.15) is 23.2 Å². The van der Waals surface area contributed by atoms with Gasteiger partial charge in [-0.15, -0.1) is 0 Å². The van der Waals surface area contributed by atoms with Gasteiger partial charge in [0, 0.05) is 24.2 Å². The summed E-state index contributed by atoms with van der Waals surface area (Å²) in [7, 11) is 1.53. The molecule has 6 heteroatoms. The van der Waals surface area contributed by atoms with Gasteiger partial charge in [0.1, 0.15) is 11.6 Å². The molecule has 0 saturated carbocycles. The highest BCUT2D eigenvalue weighted by Crippen LogP contribution is 2.34. The monoisotopic (exact) mass is 328 g/mol. The van der Waals surface area contributed by atoms with Crippen LogP contribution in [0, 0.1) is 5.82 Å². The van der Waals surface area contributed by atoms with Crippen LogP contribution < -0.4 is 15.0 Å². The minimum atomic E-state index is -0.472. The van der Waals surface area contributed by atoms with Crippen molar-refractivity contribution in [1.82, 2.24) is 0 Å². The minimum absolute atomic E-state index is 0.0295. The Morgan fingerprint density at radius 1 is 1.25 bits per heavy atom. The van der Waals surface area contributed by atoms with Crippen LogP contribution in [0.5, 0.6) is 5.75 Å². The lowest BCUT2D eigenvalue weighted by atomic mass is 10.2. The van der Waals surface area contributed by atoms with Crippen LogP contribution in [0.3, 0.4) is 0 Å². The van der Waals surface area contributed by atoms with Crippen molar-refractivity contribution in [1.29, 1.82) is 0 Å². The Labute approximate surface area is 139 Å². The summed E-state index contributed by atoms with van der Waals surface area (Å²) >= 11 is 0. The summed E-state index contributed by atoms with van der Waals surface area (Å²) in [6, 6.07) is 10.5. The maximum atomic E-state index is 13.2. The van der Waals surface area contributed by atoms with E-state index >= 15 is 0 Å². The summed E-state index contributed by atoms with van der Waals surface area (Å²) in [6.07, 6.45) is 1.30. The van der Waals surface area contributed by atoms with Gasteiger partial charge in [-0.25, -0.2) is 4.39 Å². The number of amides is 2. The second-order valence-electron chi connectivity index (χ2n) is 5.50. The van der Waals surface area contributed by atoms with Gasteiger partial charge in [0.25, 0.3) is 5.91 Å². The average Bonchev–Trinajstić information content (AvgIpc) is 3.00. The molecule has 1 saturated heterocycles. The molecule has 0 atom stereocenters. The van der Waals surface area contributed by atoms with E-state index in [1.54, 1.807) is 23.1 Å². The van der Waals surface area contributed by atoms with Crippen LogP contribution in [0.4, 0.5) is 15.8 Å². The van der Waals surface area contributed by atoms with Crippen molar-refractivity contribution >= 4 is 23.2 Å². The quantitative estimate of drug-likeness (QED) is 0.937. The third kappa shape index (κ3) is 3.22. The Morgan fingerprint density at radius 2 is 2.08 bits per heavy atom. The van der Waals surface area contributed by atoms with Crippen LogP contribution in [-0.4, -0.2) is 25.5 Å². The number of hydrogen-bond donors (Lipinski definition) is 1. The van der Waals surface area contributed by atoms with Crippen molar-refractivity contribution < 1.29 is 18.7 Å². The molecular formula is C18H17FN2O3. The van der Waals surface area contributed by atoms with E-state index < -0.39 is 11.7 Å². The predicted molar refractivity (Wildman–Crippen MR) is 88.9 cm³/mol. The topological polar surface area (TPSA) is 58.6 Å². The number of anilines is 2. The number of carbonyl (C=O) groups excluding carboxylic acids is 2. The lowest BCUT2D eigenvalue weighted by Crippen LogP contribution is -2.24. The molecule has 2 aromatic rings. The molecule has 0 spiro atoms. The summed E-state index contributed by atoms with van der Waals surface area (Å²) in [4.78, 5) is 25.9. The highest BCUT2D eigenvalue weighted by Gasteiger charge is 2.25. The van der Waals surface area contributed by atoms with Crippen molar-refractivity contribution in [3.05, 3.63) is 53.8 Å². The molecule has 0 bridgehead atoms. The molecule has 0 unspecified atom stereocenters. The molecule has 1 fully saturated rings. The number of halogens is 1. The normalized spacial score (nSPS) is 13.9. The van der Waals surface area contributed by atoms with Gasteiger partial charge in [0.05, 0.1) is 12.8 Å². The SMILES string of the molecule is COc1ccc(NC(=O)c2cccc(F)c2)cc1N1CCCC1=O. The molecule has 1 aliphatic rings. The van der Waals surface area contributed by atoms with Crippen molar-refractivity contribution in [3.63, 3.8) is 0 Å².